The molecule has 0 saturated heterocycles. The first kappa shape index (κ1) is 13.6. The Bertz CT molecular complexity index is 221. The van der Waals surface area contributed by atoms with E-state index in [-0.39, 0.29) is 15.1 Å². The van der Waals surface area contributed by atoms with Crippen molar-refractivity contribution in [1.82, 2.24) is 0 Å². The molecule has 0 aromatic carbocycles. The molecule has 0 aliphatic heterocycles. The monoisotopic (exact) mass is 264 g/mol. The predicted molar refractivity (Wildman–Crippen MR) is 56.3 cm³/mol. The van der Waals surface area contributed by atoms with Gasteiger partial charge in [0.2, 0.25) is 0 Å². The SMILES string of the molecule is COC(OC)/C(Cl)=C(Cl)/C(Cl)=C/Cl. The molecule has 76 valence electrons. The predicted octanol–water partition coefficient (Wildman–Crippen LogP) is 3.61. The summed E-state index contributed by atoms with van der Waals surface area (Å²) in [6.45, 7) is 0. The largest absolute Gasteiger partial charge is 0.351 e. The summed E-state index contributed by atoms with van der Waals surface area (Å²) in [6.07, 6.45) is -0.737. The number of methoxy groups -OCH3 is 2. The smallest absolute Gasteiger partial charge is 0.195 e. The highest BCUT2D eigenvalue weighted by Gasteiger charge is 2.16. The highest BCUT2D eigenvalue weighted by Crippen LogP contribution is 2.28. The van der Waals surface area contributed by atoms with Crippen molar-refractivity contribution in [3.05, 3.63) is 20.6 Å². The lowest BCUT2D eigenvalue weighted by molar-refractivity contribution is -0.0700. The van der Waals surface area contributed by atoms with Crippen molar-refractivity contribution in [3.8, 4) is 0 Å². The number of halogens is 4. The fourth-order valence-electron chi connectivity index (χ4n) is 0.569. The second-order valence-electron chi connectivity index (χ2n) is 1.92. The Kier molecular flexibility index (Phi) is 7.23. The third kappa shape index (κ3) is 4.07. The van der Waals surface area contributed by atoms with E-state index in [0.717, 1.165) is 5.54 Å². The summed E-state index contributed by atoms with van der Waals surface area (Å²) >= 11 is 22.5. The average Bonchev–Trinajstić information content (AvgIpc) is 2.17. The Hall–Kier alpha value is 0.560. The molecule has 0 unspecified atom stereocenters. The quantitative estimate of drug-likeness (QED) is 0.571. The van der Waals surface area contributed by atoms with E-state index in [2.05, 4.69) is 0 Å². The molecule has 0 bridgehead atoms. The molecule has 13 heavy (non-hydrogen) atoms. The molecule has 0 N–H and O–H groups in total. The van der Waals surface area contributed by atoms with Gasteiger partial charge in [0.05, 0.1) is 15.1 Å². The van der Waals surface area contributed by atoms with Crippen LogP contribution in [0.25, 0.3) is 0 Å². The van der Waals surface area contributed by atoms with Crippen LogP contribution in [0.3, 0.4) is 0 Å². The van der Waals surface area contributed by atoms with Crippen molar-refractivity contribution in [2.45, 2.75) is 6.29 Å². The van der Waals surface area contributed by atoms with Crippen LogP contribution in [-0.2, 0) is 9.47 Å². The summed E-state index contributed by atoms with van der Waals surface area (Å²) < 4.78 is 9.70. The summed E-state index contributed by atoms with van der Waals surface area (Å²) in [5.41, 5.74) is 1.11. The second-order valence-corrected chi connectivity index (χ2v) is 3.33. The van der Waals surface area contributed by atoms with Gasteiger partial charge in [-0.25, -0.2) is 0 Å². The zero-order chi connectivity index (χ0) is 10.4. The third-order valence-corrected chi connectivity index (χ3v) is 2.75. The van der Waals surface area contributed by atoms with Gasteiger partial charge >= 0.3 is 0 Å². The van der Waals surface area contributed by atoms with Gasteiger partial charge < -0.3 is 9.47 Å². The van der Waals surface area contributed by atoms with E-state index in [1.54, 1.807) is 0 Å². The van der Waals surface area contributed by atoms with E-state index in [0.29, 0.717) is 0 Å². The molecule has 6 heteroatoms. The lowest BCUT2D eigenvalue weighted by Gasteiger charge is -2.13. The first-order valence-corrected chi connectivity index (χ1v) is 4.72. The third-order valence-electron chi connectivity index (χ3n) is 1.15. The molecule has 0 amide bonds. The minimum Gasteiger partial charge on any atom is -0.351 e. The van der Waals surface area contributed by atoms with Crippen molar-refractivity contribution in [2.24, 2.45) is 0 Å². The zero-order valence-electron chi connectivity index (χ0n) is 6.98. The summed E-state index contributed by atoms with van der Waals surface area (Å²) in [4.78, 5) is 0. The molecular weight excluding hydrogens is 258 g/mol. The Morgan fingerprint density at radius 2 is 1.62 bits per heavy atom. The van der Waals surface area contributed by atoms with E-state index in [9.17, 15) is 0 Å². The lowest BCUT2D eigenvalue weighted by atomic mass is 10.4. The number of hydrogen-bond donors (Lipinski definition) is 0. The minimum absolute atomic E-state index is 0.104. The van der Waals surface area contributed by atoms with Crippen molar-refractivity contribution in [3.63, 3.8) is 0 Å². The van der Waals surface area contributed by atoms with Gasteiger partial charge in [-0.05, 0) is 0 Å². The second kappa shape index (κ2) is 6.93. The molecule has 0 aliphatic rings. The van der Waals surface area contributed by atoms with Crippen LogP contribution in [0.5, 0.6) is 0 Å². The van der Waals surface area contributed by atoms with Crippen LogP contribution in [-0.4, -0.2) is 20.5 Å². The van der Waals surface area contributed by atoms with Crippen LogP contribution < -0.4 is 0 Å². The molecule has 0 aromatic rings. The fourth-order valence-corrected chi connectivity index (χ4v) is 1.31. The van der Waals surface area contributed by atoms with E-state index in [1.165, 1.54) is 14.2 Å². The standard InChI is InChI=1S/C7H8Cl4O2/c1-12-7(13-2)6(11)5(10)4(9)3-8/h3,7H,1-2H3/b4-3-,6-5+. The highest BCUT2D eigenvalue weighted by atomic mass is 35.5. The molecule has 0 radical (unpaired) electrons. The number of hydrogen-bond acceptors (Lipinski definition) is 2. The fraction of sp³-hybridized carbons (Fsp3) is 0.429. The topological polar surface area (TPSA) is 18.5 Å². The zero-order valence-corrected chi connectivity index (χ0v) is 10.0. The highest BCUT2D eigenvalue weighted by molar-refractivity contribution is 6.49. The van der Waals surface area contributed by atoms with Crippen LogP contribution in [0.4, 0.5) is 0 Å². The molecule has 0 heterocycles. The molecular formula is C7H8Cl4O2. The minimum atomic E-state index is -0.737. The van der Waals surface area contributed by atoms with Crippen molar-refractivity contribution < 1.29 is 9.47 Å². The van der Waals surface area contributed by atoms with Crippen molar-refractivity contribution >= 4 is 46.4 Å². The maximum absolute atomic E-state index is 5.78. The molecule has 0 fully saturated rings. The van der Waals surface area contributed by atoms with Gasteiger partial charge in [0.25, 0.3) is 0 Å². The van der Waals surface area contributed by atoms with Gasteiger partial charge in [0, 0.05) is 19.8 Å². The Morgan fingerprint density at radius 1 is 1.15 bits per heavy atom. The maximum Gasteiger partial charge on any atom is 0.195 e. The van der Waals surface area contributed by atoms with E-state index >= 15 is 0 Å². The van der Waals surface area contributed by atoms with Gasteiger partial charge in [-0.1, -0.05) is 46.4 Å². The Balaban J connectivity index is 4.78. The average molecular weight is 266 g/mol. The lowest BCUT2D eigenvalue weighted by Crippen LogP contribution is -2.13. The normalized spacial score (nSPS) is 14.8. The molecule has 0 saturated carbocycles. The summed E-state index contributed by atoms with van der Waals surface area (Å²) in [6, 6.07) is 0. The Morgan fingerprint density at radius 3 is 1.92 bits per heavy atom. The maximum atomic E-state index is 5.78. The number of ether oxygens (including phenoxy) is 2. The molecule has 0 atom stereocenters. The number of rotatable bonds is 4. The van der Waals surface area contributed by atoms with E-state index in [1.807, 2.05) is 0 Å². The molecule has 0 spiro atoms. The van der Waals surface area contributed by atoms with E-state index < -0.39 is 6.29 Å². The molecule has 0 rings (SSSR count). The summed E-state index contributed by atoms with van der Waals surface area (Å²) in [5, 5.41) is 0.382. The first-order chi connectivity index (χ1) is 6.08. The van der Waals surface area contributed by atoms with E-state index in [4.69, 9.17) is 55.9 Å². The molecule has 2 nitrogen and oxygen atoms in total. The van der Waals surface area contributed by atoms with Gasteiger partial charge in [0.15, 0.2) is 6.29 Å². The molecule has 0 aromatic heterocycles. The van der Waals surface area contributed by atoms with Crippen LogP contribution in [0, 0.1) is 0 Å². The van der Waals surface area contributed by atoms with Crippen LogP contribution in [0.2, 0.25) is 0 Å². The van der Waals surface area contributed by atoms with Crippen LogP contribution in [0.15, 0.2) is 20.6 Å². The van der Waals surface area contributed by atoms with Crippen molar-refractivity contribution in [1.29, 1.82) is 0 Å². The van der Waals surface area contributed by atoms with Crippen LogP contribution >= 0.6 is 46.4 Å². The number of allylic oxidation sites excluding steroid dienone is 2. The van der Waals surface area contributed by atoms with Crippen molar-refractivity contribution in [2.75, 3.05) is 14.2 Å². The Labute approximate surface area is 97.0 Å². The first-order valence-electron chi connectivity index (χ1n) is 3.15. The summed E-state index contributed by atoms with van der Waals surface area (Å²) in [5.74, 6) is 0. The van der Waals surface area contributed by atoms with Gasteiger partial charge in [-0.3, -0.25) is 0 Å². The van der Waals surface area contributed by atoms with Gasteiger partial charge in [-0.2, -0.15) is 0 Å². The molecule has 0 aliphatic carbocycles. The van der Waals surface area contributed by atoms with Gasteiger partial charge in [0.1, 0.15) is 0 Å². The summed E-state index contributed by atoms with van der Waals surface area (Å²) in [7, 11) is 2.86. The van der Waals surface area contributed by atoms with Crippen LogP contribution in [0.1, 0.15) is 0 Å². The van der Waals surface area contributed by atoms with Gasteiger partial charge in [-0.15, -0.1) is 0 Å².